The topological polar surface area (TPSA) is 125 Å². The van der Waals surface area contributed by atoms with Crippen LogP contribution in [0.1, 0.15) is 4.88 Å². The van der Waals surface area contributed by atoms with Crippen molar-refractivity contribution >= 4 is 39.1 Å². The fourth-order valence-electron chi connectivity index (χ4n) is 4.49. The smallest absolute Gasteiger partial charge is 0.159 e. The minimum atomic E-state index is 0.191. The van der Waals surface area contributed by atoms with Gasteiger partial charge in [0.15, 0.2) is 5.82 Å². The number of hydrogen-bond donors (Lipinski definition) is 3. The summed E-state index contributed by atoms with van der Waals surface area (Å²) in [5.74, 6) is 1.52. The molecule has 0 saturated carbocycles. The van der Waals surface area contributed by atoms with Gasteiger partial charge < -0.3 is 15.6 Å². The highest BCUT2D eigenvalue weighted by Gasteiger charge is 2.25. The number of rotatable bonds is 4. The van der Waals surface area contributed by atoms with Gasteiger partial charge in [0.25, 0.3) is 0 Å². The van der Waals surface area contributed by atoms with Gasteiger partial charge in [-0.05, 0) is 31.2 Å². The summed E-state index contributed by atoms with van der Waals surface area (Å²) in [5, 5.41) is 8.57. The van der Waals surface area contributed by atoms with Crippen LogP contribution in [0.25, 0.3) is 55.3 Å². The van der Waals surface area contributed by atoms with E-state index in [-0.39, 0.29) is 6.04 Å². The van der Waals surface area contributed by atoms with E-state index in [2.05, 4.69) is 61.2 Å². The van der Waals surface area contributed by atoms with Crippen LogP contribution in [-0.4, -0.2) is 54.2 Å². The van der Waals surface area contributed by atoms with E-state index >= 15 is 0 Å². The van der Waals surface area contributed by atoms with E-state index in [1.165, 1.54) is 9.75 Å². The maximum Gasteiger partial charge on any atom is 0.159 e. The molecule has 0 spiro atoms. The number of aromatic nitrogens is 7. The van der Waals surface area contributed by atoms with Gasteiger partial charge >= 0.3 is 0 Å². The molecule has 1 aliphatic heterocycles. The maximum absolute atomic E-state index is 5.93. The first kappa shape index (κ1) is 20.2. The highest BCUT2D eigenvalue weighted by Crippen LogP contribution is 2.35. The minimum Gasteiger partial charge on any atom is -0.352 e. The second-order valence-electron chi connectivity index (χ2n) is 8.81. The lowest BCUT2D eigenvalue weighted by Crippen LogP contribution is -2.56. The summed E-state index contributed by atoms with van der Waals surface area (Å²) in [5.41, 5.74) is 12.0. The van der Waals surface area contributed by atoms with E-state index in [0.29, 0.717) is 11.5 Å². The van der Waals surface area contributed by atoms with Crippen molar-refractivity contribution in [1.82, 2.24) is 35.1 Å². The van der Waals surface area contributed by atoms with E-state index in [1.807, 2.05) is 12.1 Å². The molecule has 4 N–H and O–H groups in total. The summed E-state index contributed by atoms with van der Waals surface area (Å²) in [4.78, 5) is 26.7. The number of nitrogens with zero attached hydrogens (tertiary/aromatic N) is 6. The van der Waals surface area contributed by atoms with Crippen LogP contribution in [0.2, 0.25) is 0 Å². The van der Waals surface area contributed by atoms with Gasteiger partial charge in [-0.15, -0.1) is 11.3 Å². The van der Waals surface area contributed by atoms with E-state index < -0.39 is 0 Å². The third kappa shape index (κ3) is 3.37. The molecule has 1 fully saturated rings. The Hall–Kier alpha value is -4.15. The molecule has 1 saturated heterocycles. The first-order valence-electron chi connectivity index (χ1n) is 11.4. The lowest BCUT2D eigenvalue weighted by atomic mass is 10.1. The minimum absolute atomic E-state index is 0.191. The average molecular weight is 480 g/mol. The number of nitrogens with one attached hydrogen (secondary N) is 2. The maximum atomic E-state index is 5.93. The molecule has 0 radical (unpaired) electrons. The Morgan fingerprint density at radius 3 is 2.77 bits per heavy atom. The summed E-state index contributed by atoms with van der Waals surface area (Å²) in [6.07, 6.45) is 5.27. The Morgan fingerprint density at radius 1 is 1.03 bits per heavy atom. The lowest BCUT2D eigenvalue weighted by molar-refractivity contribution is 0.514. The number of thiophene rings is 1. The highest BCUT2D eigenvalue weighted by atomic mass is 32.1. The van der Waals surface area contributed by atoms with Gasteiger partial charge in [0.2, 0.25) is 0 Å². The van der Waals surface area contributed by atoms with Gasteiger partial charge in [0.05, 0.1) is 40.8 Å². The molecule has 172 valence electrons. The predicted octanol–water partition coefficient (Wildman–Crippen LogP) is 4.14. The molecule has 0 atom stereocenters. The lowest BCUT2D eigenvalue weighted by Gasteiger charge is -2.37. The Balaban J connectivity index is 1.31. The first-order valence-corrected chi connectivity index (χ1v) is 12.2. The quantitative estimate of drug-likeness (QED) is 0.347. The van der Waals surface area contributed by atoms with E-state index in [4.69, 9.17) is 15.7 Å². The molecule has 9 nitrogen and oxygen atoms in total. The molecule has 5 aromatic heterocycles. The molecule has 1 aliphatic rings. The van der Waals surface area contributed by atoms with Crippen LogP contribution in [0.3, 0.4) is 0 Å². The van der Waals surface area contributed by atoms with Crippen molar-refractivity contribution < 1.29 is 0 Å². The van der Waals surface area contributed by atoms with Crippen LogP contribution in [0.5, 0.6) is 0 Å². The summed E-state index contributed by atoms with van der Waals surface area (Å²) in [6.45, 7) is 3.69. The number of aromatic amines is 2. The zero-order valence-electron chi connectivity index (χ0n) is 18.9. The fourth-order valence-corrected chi connectivity index (χ4v) is 5.38. The number of para-hydroxylation sites is 1. The van der Waals surface area contributed by atoms with Crippen molar-refractivity contribution in [2.24, 2.45) is 5.73 Å². The first-order chi connectivity index (χ1) is 17.1. The summed E-state index contributed by atoms with van der Waals surface area (Å²) >= 11 is 1.77. The molecule has 0 bridgehead atoms. The van der Waals surface area contributed by atoms with Gasteiger partial charge in [0, 0.05) is 39.8 Å². The second-order valence-corrected chi connectivity index (χ2v) is 10.1. The second kappa shape index (κ2) is 7.69. The van der Waals surface area contributed by atoms with Crippen molar-refractivity contribution in [2.75, 3.05) is 18.0 Å². The summed E-state index contributed by atoms with van der Waals surface area (Å²) in [6, 6.07) is 12.7. The van der Waals surface area contributed by atoms with E-state index in [1.54, 1.807) is 29.9 Å². The Labute approximate surface area is 204 Å². The van der Waals surface area contributed by atoms with Gasteiger partial charge in [-0.2, -0.15) is 5.10 Å². The van der Waals surface area contributed by atoms with Crippen LogP contribution < -0.4 is 10.6 Å². The Morgan fingerprint density at radius 2 is 1.94 bits per heavy atom. The number of H-pyrrole nitrogens is 2. The molecule has 0 aliphatic carbocycles. The van der Waals surface area contributed by atoms with Crippen LogP contribution in [0.4, 0.5) is 5.82 Å². The summed E-state index contributed by atoms with van der Waals surface area (Å²) < 4.78 is 0. The normalized spacial score (nSPS) is 14.2. The SMILES string of the molecule is Cc1ccc(-c2cccc3[nH]c(-c4n[nH]c5cnc(-c6cncc(N7CC(N)C7)n6)cc45)nc23)s1. The van der Waals surface area contributed by atoms with Gasteiger partial charge in [-0.3, -0.25) is 15.1 Å². The zero-order chi connectivity index (χ0) is 23.5. The van der Waals surface area contributed by atoms with Crippen LogP contribution in [0.15, 0.2) is 55.0 Å². The molecular weight excluding hydrogens is 458 g/mol. The van der Waals surface area contributed by atoms with Crippen molar-refractivity contribution in [3.63, 3.8) is 0 Å². The number of benzene rings is 1. The number of fused-ring (bicyclic) bond motifs is 2. The highest BCUT2D eigenvalue weighted by molar-refractivity contribution is 7.15. The third-order valence-electron chi connectivity index (χ3n) is 6.31. The Kier molecular flexibility index (Phi) is 4.45. The number of anilines is 1. The fraction of sp³-hybridized carbons (Fsp3) is 0.160. The molecule has 0 unspecified atom stereocenters. The van der Waals surface area contributed by atoms with Crippen molar-refractivity contribution in [2.45, 2.75) is 13.0 Å². The molecular formula is C25H21N9S. The van der Waals surface area contributed by atoms with E-state index in [0.717, 1.165) is 57.8 Å². The largest absolute Gasteiger partial charge is 0.352 e. The van der Waals surface area contributed by atoms with Gasteiger partial charge in [-0.25, -0.2) is 9.97 Å². The van der Waals surface area contributed by atoms with Gasteiger partial charge in [-0.1, -0.05) is 12.1 Å². The van der Waals surface area contributed by atoms with Crippen molar-refractivity contribution in [3.05, 3.63) is 59.9 Å². The predicted molar refractivity (Wildman–Crippen MR) is 138 cm³/mol. The molecule has 1 aromatic carbocycles. The standard InChI is InChI=1S/C25H21N9S/c1-13-5-6-21(35-13)15-3-2-4-17-23(15)31-25(30-17)24-16-7-18(28-9-19(16)32-33-24)20-8-27-10-22(29-20)34-11-14(26)12-34/h2-10,14H,11-12,26H2,1H3,(H,30,31)(H,32,33). The van der Waals surface area contributed by atoms with E-state index in [9.17, 15) is 0 Å². The number of aryl methyl sites for hydroxylation is 1. The van der Waals surface area contributed by atoms with Crippen LogP contribution in [0, 0.1) is 6.92 Å². The summed E-state index contributed by atoms with van der Waals surface area (Å²) in [7, 11) is 0. The van der Waals surface area contributed by atoms with Gasteiger partial charge in [0.1, 0.15) is 17.2 Å². The third-order valence-corrected chi connectivity index (χ3v) is 7.34. The number of pyridine rings is 1. The number of imidazole rings is 1. The number of hydrogen-bond acceptors (Lipinski definition) is 8. The van der Waals surface area contributed by atoms with Crippen molar-refractivity contribution in [3.8, 4) is 33.3 Å². The monoisotopic (exact) mass is 479 g/mol. The van der Waals surface area contributed by atoms with Crippen LogP contribution >= 0.6 is 11.3 Å². The molecule has 35 heavy (non-hydrogen) atoms. The molecule has 0 amide bonds. The molecule has 6 heterocycles. The van der Waals surface area contributed by atoms with Crippen LogP contribution in [-0.2, 0) is 0 Å². The Bertz CT molecular complexity index is 1710. The van der Waals surface area contributed by atoms with Crippen molar-refractivity contribution in [1.29, 1.82) is 0 Å². The average Bonchev–Trinajstić information content (AvgIpc) is 3.59. The molecule has 6 aromatic rings. The zero-order valence-corrected chi connectivity index (χ0v) is 19.7. The molecule has 10 heteroatoms. The number of nitrogens with two attached hydrogens (primary N) is 1. The molecule has 7 rings (SSSR count).